The van der Waals surface area contributed by atoms with Crippen molar-refractivity contribution < 1.29 is 0 Å². The fourth-order valence-corrected chi connectivity index (χ4v) is 3.41. The van der Waals surface area contributed by atoms with Gasteiger partial charge in [-0.05, 0) is 30.7 Å². The number of rotatable bonds is 1. The van der Waals surface area contributed by atoms with Gasteiger partial charge in [0.05, 0.1) is 11.7 Å². The molecule has 3 heterocycles. The molecular formula is C12H15N3S. The van der Waals surface area contributed by atoms with Crippen molar-refractivity contribution in [1.29, 1.82) is 0 Å². The molecule has 0 bridgehead atoms. The van der Waals surface area contributed by atoms with E-state index in [9.17, 15) is 0 Å². The van der Waals surface area contributed by atoms with Crippen molar-refractivity contribution in [2.45, 2.75) is 18.8 Å². The SMILES string of the molecule is Nc1ccc2cnc(C3CCCSC3)n2c1. The molecule has 0 radical (unpaired) electrons. The summed E-state index contributed by atoms with van der Waals surface area (Å²) in [6, 6.07) is 3.96. The zero-order chi connectivity index (χ0) is 11.0. The Morgan fingerprint density at radius 2 is 2.38 bits per heavy atom. The summed E-state index contributed by atoms with van der Waals surface area (Å²) in [6.45, 7) is 0. The Hall–Kier alpha value is -1.16. The van der Waals surface area contributed by atoms with Gasteiger partial charge in [0.2, 0.25) is 0 Å². The van der Waals surface area contributed by atoms with E-state index in [0.29, 0.717) is 5.92 Å². The van der Waals surface area contributed by atoms with Gasteiger partial charge in [-0.25, -0.2) is 4.98 Å². The van der Waals surface area contributed by atoms with Gasteiger partial charge in [-0.2, -0.15) is 11.8 Å². The van der Waals surface area contributed by atoms with Crippen LogP contribution in [0, 0.1) is 0 Å². The maximum Gasteiger partial charge on any atom is 0.117 e. The van der Waals surface area contributed by atoms with Crippen molar-refractivity contribution in [3.05, 3.63) is 30.4 Å². The monoisotopic (exact) mass is 233 g/mol. The Balaban J connectivity index is 2.05. The molecule has 2 aromatic heterocycles. The van der Waals surface area contributed by atoms with Crippen molar-refractivity contribution in [1.82, 2.24) is 9.38 Å². The van der Waals surface area contributed by atoms with Gasteiger partial charge >= 0.3 is 0 Å². The Morgan fingerprint density at radius 3 is 3.19 bits per heavy atom. The highest BCUT2D eigenvalue weighted by Crippen LogP contribution is 2.30. The molecule has 1 fully saturated rings. The van der Waals surface area contributed by atoms with Crippen molar-refractivity contribution in [3.8, 4) is 0 Å². The van der Waals surface area contributed by atoms with Gasteiger partial charge < -0.3 is 10.1 Å². The molecule has 2 aromatic rings. The summed E-state index contributed by atoms with van der Waals surface area (Å²) in [6.07, 6.45) is 6.47. The number of fused-ring (bicyclic) bond motifs is 1. The van der Waals surface area contributed by atoms with Crippen molar-refractivity contribution in [2.75, 3.05) is 17.2 Å². The smallest absolute Gasteiger partial charge is 0.117 e. The van der Waals surface area contributed by atoms with Crippen LogP contribution >= 0.6 is 11.8 Å². The van der Waals surface area contributed by atoms with Gasteiger partial charge in [0.15, 0.2) is 0 Å². The van der Waals surface area contributed by atoms with Gasteiger partial charge in [0.1, 0.15) is 5.82 Å². The number of hydrogen-bond donors (Lipinski definition) is 1. The van der Waals surface area contributed by atoms with Crippen LogP contribution in [0.15, 0.2) is 24.5 Å². The van der Waals surface area contributed by atoms with Gasteiger partial charge in [-0.3, -0.25) is 0 Å². The number of hydrogen-bond acceptors (Lipinski definition) is 3. The first-order valence-corrected chi connectivity index (χ1v) is 6.80. The lowest BCUT2D eigenvalue weighted by Gasteiger charge is -2.20. The topological polar surface area (TPSA) is 43.3 Å². The zero-order valence-corrected chi connectivity index (χ0v) is 9.91. The molecule has 1 atom stereocenters. The number of nitrogen functional groups attached to an aromatic ring is 1. The standard InChI is InChI=1S/C12H15N3S/c13-10-3-4-11-6-14-12(15(11)7-10)9-2-1-5-16-8-9/h3-4,6-7,9H,1-2,5,8,13H2. The largest absolute Gasteiger partial charge is 0.398 e. The van der Waals surface area contributed by atoms with Crippen LogP contribution in [-0.2, 0) is 0 Å². The van der Waals surface area contributed by atoms with E-state index in [0.717, 1.165) is 11.2 Å². The predicted octanol–water partition coefficient (Wildman–Crippen LogP) is 2.53. The lowest BCUT2D eigenvalue weighted by molar-refractivity contribution is 0.621. The first kappa shape index (κ1) is 10.0. The third-order valence-corrected chi connectivity index (χ3v) is 4.32. The number of nitrogens with zero attached hydrogens (tertiary/aromatic N) is 2. The van der Waals surface area contributed by atoms with Crippen molar-refractivity contribution >= 4 is 23.0 Å². The van der Waals surface area contributed by atoms with Crippen molar-refractivity contribution in [3.63, 3.8) is 0 Å². The molecule has 0 saturated carbocycles. The summed E-state index contributed by atoms with van der Waals surface area (Å²) >= 11 is 2.03. The Kier molecular flexibility index (Phi) is 2.52. The van der Waals surface area contributed by atoms with E-state index in [1.807, 2.05) is 36.3 Å². The van der Waals surface area contributed by atoms with Crippen LogP contribution in [0.2, 0.25) is 0 Å². The molecule has 2 N–H and O–H groups in total. The van der Waals surface area contributed by atoms with Gasteiger partial charge in [-0.15, -0.1) is 0 Å². The summed E-state index contributed by atoms with van der Waals surface area (Å²) in [5.74, 6) is 4.24. The number of pyridine rings is 1. The number of anilines is 1. The lowest BCUT2D eigenvalue weighted by atomic mass is 10.1. The minimum atomic E-state index is 0.586. The summed E-state index contributed by atoms with van der Waals surface area (Å²) in [5.41, 5.74) is 7.77. The van der Waals surface area contributed by atoms with E-state index in [1.165, 1.54) is 30.2 Å². The maximum absolute atomic E-state index is 5.83. The van der Waals surface area contributed by atoms with Gasteiger partial charge in [0, 0.05) is 23.6 Å². The van der Waals surface area contributed by atoms with E-state index in [1.54, 1.807) is 0 Å². The molecule has 4 heteroatoms. The number of thioether (sulfide) groups is 1. The van der Waals surface area contributed by atoms with E-state index in [2.05, 4.69) is 9.38 Å². The summed E-state index contributed by atoms with van der Waals surface area (Å²) < 4.78 is 2.14. The van der Waals surface area contributed by atoms with Crippen LogP contribution < -0.4 is 5.73 Å². The molecule has 84 valence electrons. The fourth-order valence-electron chi connectivity index (χ4n) is 2.27. The van der Waals surface area contributed by atoms with Gasteiger partial charge in [-0.1, -0.05) is 0 Å². The molecule has 0 aromatic carbocycles. The number of aromatic nitrogens is 2. The van der Waals surface area contributed by atoms with E-state index in [4.69, 9.17) is 5.73 Å². The highest BCUT2D eigenvalue weighted by Gasteiger charge is 2.19. The Morgan fingerprint density at radius 1 is 1.44 bits per heavy atom. The van der Waals surface area contributed by atoms with Crippen LogP contribution in [0.5, 0.6) is 0 Å². The van der Waals surface area contributed by atoms with Crippen molar-refractivity contribution in [2.24, 2.45) is 0 Å². The molecule has 3 nitrogen and oxygen atoms in total. The normalized spacial score (nSPS) is 21.4. The van der Waals surface area contributed by atoms with E-state index < -0.39 is 0 Å². The average molecular weight is 233 g/mol. The molecule has 1 unspecified atom stereocenters. The second-order valence-corrected chi connectivity index (χ2v) is 5.44. The molecule has 1 saturated heterocycles. The molecule has 0 aliphatic carbocycles. The third kappa shape index (κ3) is 1.67. The number of imidazole rings is 1. The minimum absolute atomic E-state index is 0.586. The number of nitrogens with two attached hydrogens (primary N) is 1. The second-order valence-electron chi connectivity index (χ2n) is 4.29. The summed E-state index contributed by atoms with van der Waals surface area (Å²) in [5, 5.41) is 0. The van der Waals surface area contributed by atoms with E-state index in [-0.39, 0.29) is 0 Å². The molecule has 16 heavy (non-hydrogen) atoms. The maximum atomic E-state index is 5.83. The second kappa shape index (κ2) is 4.01. The lowest BCUT2D eigenvalue weighted by Crippen LogP contribution is -2.12. The first-order valence-electron chi connectivity index (χ1n) is 5.65. The third-order valence-electron chi connectivity index (χ3n) is 3.10. The fraction of sp³-hybridized carbons (Fsp3) is 0.417. The Bertz CT molecular complexity index is 500. The summed E-state index contributed by atoms with van der Waals surface area (Å²) in [4.78, 5) is 4.55. The molecular weight excluding hydrogens is 218 g/mol. The van der Waals surface area contributed by atoms with Crippen LogP contribution in [0.3, 0.4) is 0 Å². The molecule has 1 aliphatic heterocycles. The first-order chi connectivity index (χ1) is 7.84. The molecule has 0 spiro atoms. The van der Waals surface area contributed by atoms with Gasteiger partial charge in [0.25, 0.3) is 0 Å². The van der Waals surface area contributed by atoms with Crippen LogP contribution in [0.25, 0.3) is 5.52 Å². The van der Waals surface area contributed by atoms with Crippen LogP contribution in [-0.4, -0.2) is 20.9 Å². The molecule has 0 amide bonds. The molecule has 3 rings (SSSR count). The Labute approximate surface area is 99.1 Å². The van der Waals surface area contributed by atoms with E-state index >= 15 is 0 Å². The predicted molar refractivity (Wildman–Crippen MR) is 68.9 cm³/mol. The average Bonchev–Trinajstić information content (AvgIpc) is 2.73. The molecule has 1 aliphatic rings. The highest BCUT2D eigenvalue weighted by molar-refractivity contribution is 7.99. The van der Waals surface area contributed by atoms with Crippen LogP contribution in [0.4, 0.5) is 5.69 Å². The quantitative estimate of drug-likeness (QED) is 0.823. The summed E-state index contributed by atoms with van der Waals surface area (Å²) in [7, 11) is 0. The zero-order valence-electron chi connectivity index (χ0n) is 9.10. The minimum Gasteiger partial charge on any atom is -0.398 e. The highest BCUT2D eigenvalue weighted by atomic mass is 32.2. The van der Waals surface area contributed by atoms with Crippen LogP contribution in [0.1, 0.15) is 24.6 Å².